The number of thiophene rings is 1. The monoisotopic (exact) mass is 367 g/mol. The number of aryl methyl sites for hydroxylation is 1. The molecule has 6 nitrogen and oxygen atoms in total. The maximum atomic E-state index is 13.1. The van der Waals surface area contributed by atoms with E-state index in [9.17, 15) is 9.59 Å². The maximum absolute atomic E-state index is 13.1. The molecule has 0 saturated heterocycles. The lowest BCUT2D eigenvalue weighted by Crippen LogP contribution is -2.31. The van der Waals surface area contributed by atoms with Crippen molar-refractivity contribution in [2.45, 2.75) is 31.6 Å². The third-order valence-corrected chi connectivity index (χ3v) is 6.23. The molecule has 0 unspecified atom stereocenters. The highest BCUT2D eigenvalue weighted by molar-refractivity contribution is 7.12. The van der Waals surface area contributed by atoms with Crippen molar-refractivity contribution in [2.24, 2.45) is 0 Å². The summed E-state index contributed by atoms with van der Waals surface area (Å²) in [6, 6.07) is 7.80. The van der Waals surface area contributed by atoms with Gasteiger partial charge in [-0.2, -0.15) is 0 Å². The number of Topliss-reactive ketones (excluding diaryl/α,β-unsaturated/α-hetero) is 1. The van der Waals surface area contributed by atoms with Crippen LogP contribution in [0, 0.1) is 6.92 Å². The largest absolute Gasteiger partial charge is 0.469 e. The van der Waals surface area contributed by atoms with Crippen molar-refractivity contribution in [1.29, 1.82) is 0 Å². The second-order valence-electron chi connectivity index (χ2n) is 6.81. The van der Waals surface area contributed by atoms with E-state index in [1.54, 1.807) is 17.6 Å². The smallest absolute Gasteiger partial charge is 0.270 e. The van der Waals surface area contributed by atoms with Gasteiger partial charge in [0.25, 0.3) is 5.56 Å². The van der Waals surface area contributed by atoms with E-state index in [2.05, 4.69) is 15.5 Å². The molecule has 0 spiro atoms. The fourth-order valence-electron chi connectivity index (χ4n) is 4.04. The fraction of sp³-hybridized carbons (Fsp3) is 0.263. The van der Waals surface area contributed by atoms with E-state index in [1.807, 2.05) is 31.2 Å². The molecule has 0 amide bonds. The molecule has 26 heavy (non-hydrogen) atoms. The van der Waals surface area contributed by atoms with Crippen molar-refractivity contribution < 1.29 is 9.21 Å². The van der Waals surface area contributed by atoms with Crippen LogP contribution in [0.3, 0.4) is 0 Å². The van der Waals surface area contributed by atoms with Crippen molar-refractivity contribution in [3.05, 3.63) is 73.2 Å². The Labute approximate surface area is 152 Å². The number of nitrogens with one attached hydrogen (secondary N) is 3. The number of anilines is 1. The molecule has 7 heteroatoms. The highest BCUT2D eigenvalue weighted by Crippen LogP contribution is 2.47. The number of hydrogen-bond donors (Lipinski definition) is 3. The van der Waals surface area contributed by atoms with Gasteiger partial charge in [-0.3, -0.25) is 19.8 Å². The van der Waals surface area contributed by atoms with Crippen LogP contribution in [0.25, 0.3) is 0 Å². The maximum Gasteiger partial charge on any atom is 0.270 e. The van der Waals surface area contributed by atoms with Crippen molar-refractivity contribution in [2.75, 3.05) is 5.32 Å². The first kappa shape index (κ1) is 15.5. The average Bonchev–Trinajstić information content (AvgIpc) is 3.35. The van der Waals surface area contributed by atoms with Crippen LogP contribution >= 0.6 is 11.3 Å². The summed E-state index contributed by atoms with van der Waals surface area (Å²) in [5, 5.41) is 8.85. The number of fused-ring (bicyclic) bond motifs is 1. The summed E-state index contributed by atoms with van der Waals surface area (Å²) in [5.74, 6) is 1.24. The molecule has 2 aliphatic rings. The van der Waals surface area contributed by atoms with Gasteiger partial charge < -0.3 is 9.73 Å². The summed E-state index contributed by atoms with van der Waals surface area (Å²) >= 11 is 1.63. The van der Waals surface area contributed by atoms with E-state index in [-0.39, 0.29) is 23.2 Å². The van der Waals surface area contributed by atoms with Crippen LogP contribution in [-0.2, 0) is 4.79 Å². The van der Waals surface area contributed by atoms with Crippen LogP contribution in [0.4, 0.5) is 5.82 Å². The Bertz CT molecular complexity index is 1080. The number of allylic oxidation sites excluding steroid dienone is 2. The molecule has 0 saturated carbocycles. The van der Waals surface area contributed by atoms with Gasteiger partial charge in [-0.05, 0) is 37.6 Å². The summed E-state index contributed by atoms with van der Waals surface area (Å²) in [6.45, 7) is 2.03. The molecule has 3 aromatic heterocycles. The Morgan fingerprint density at radius 2 is 2.04 bits per heavy atom. The fourth-order valence-corrected chi connectivity index (χ4v) is 5.04. The Hall–Kier alpha value is -2.80. The Morgan fingerprint density at radius 3 is 2.77 bits per heavy atom. The molecule has 0 radical (unpaired) electrons. The predicted octanol–water partition coefficient (Wildman–Crippen LogP) is 3.62. The van der Waals surface area contributed by atoms with Gasteiger partial charge in [-0.25, -0.2) is 0 Å². The zero-order valence-corrected chi connectivity index (χ0v) is 14.9. The van der Waals surface area contributed by atoms with Crippen molar-refractivity contribution in [3.63, 3.8) is 0 Å². The molecule has 4 heterocycles. The Balaban J connectivity index is 1.66. The molecule has 1 aliphatic heterocycles. The van der Waals surface area contributed by atoms with Gasteiger partial charge in [0.05, 0.1) is 17.7 Å². The summed E-state index contributed by atoms with van der Waals surface area (Å²) < 4.78 is 5.52. The standard InChI is InChI=1S/C19H17N3O3S/c1-9-4-5-14(26-9)16-15-11(20-18-17(16)19(24)22-21-18)7-10(8-12(15)23)13-3-2-6-25-13/h2-6,10,16H,7-8H2,1H3,(H3,20,21,22,24)/t10-,16+/m0/s1. The molecular formula is C19H17N3O3S. The van der Waals surface area contributed by atoms with Gasteiger partial charge in [0.2, 0.25) is 0 Å². The zero-order valence-electron chi connectivity index (χ0n) is 14.1. The highest BCUT2D eigenvalue weighted by atomic mass is 32.1. The van der Waals surface area contributed by atoms with Crippen LogP contribution in [0.15, 0.2) is 51.0 Å². The van der Waals surface area contributed by atoms with Crippen molar-refractivity contribution in [1.82, 2.24) is 10.2 Å². The number of H-pyrrole nitrogens is 2. The summed E-state index contributed by atoms with van der Waals surface area (Å²) in [7, 11) is 0. The minimum Gasteiger partial charge on any atom is -0.469 e. The molecule has 0 aromatic carbocycles. The van der Waals surface area contributed by atoms with E-state index in [0.29, 0.717) is 29.8 Å². The lowest BCUT2D eigenvalue weighted by molar-refractivity contribution is -0.116. The van der Waals surface area contributed by atoms with E-state index in [1.165, 1.54) is 0 Å². The van der Waals surface area contributed by atoms with Crippen molar-refractivity contribution in [3.8, 4) is 0 Å². The highest BCUT2D eigenvalue weighted by Gasteiger charge is 2.41. The van der Waals surface area contributed by atoms with Gasteiger partial charge in [0.1, 0.15) is 11.6 Å². The number of rotatable bonds is 2. The molecule has 2 atom stereocenters. The van der Waals surface area contributed by atoms with E-state index < -0.39 is 0 Å². The normalized spacial score (nSPS) is 22.1. The first-order valence-corrected chi connectivity index (χ1v) is 9.37. The minimum atomic E-state index is -0.319. The van der Waals surface area contributed by atoms with E-state index in [4.69, 9.17) is 4.42 Å². The number of ketones is 1. The summed E-state index contributed by atoms with van der Waals surface area (Å²) in [5.41, 5.74) is 2.00. The topological polar surface area (TPSA) is 90.9 Å². The second-order valence-corrected chi connectivity index (χ2v) is 8.13. The molecule has 1 aliphatic carbocycles. The Morgan fingerprint density at radius 1 is 1.15 bits per heavy atom. The summed E-state index contributed by atoms with van der Waals surface area (Å²) in [4.78, 5) is 27.7. The quantitative estimate of drug-likeness (QED) is 0.645. The lowest BCUT2D eigenvalue weighted by atomic mass is 9.75. The Kier molecular flexibility index (Phi) is 3.33. The first-order chi connectivity index (χ1) is 12.6. The number of carbonyl (C=O) groups is 1. The number of carbonyl (C=O) groups excluding carboxylic acids is 1. The van der Waals surface area contributed by atoms with Gasteiger partial charge >= 0.3 is 0 Å². The second kappa shape index (κ2) is 5.60. The third-order valence-electron chi connectivity index (χ3n) is 5.17. The van der Waals surface area contributed by atoms with Crippen LogP contribution in [0.5, 0.6) is 0 Å². The molecule has 5 rings (SSSR count). The molecule has 0 fully saturated rings. The number of aromatic nitrogens is 2. The van der Waals surface area contributed by atoms with Crippen molar-refractivity contribution >= 4 is 22.9 Å². The summed E-state index contributed by atoms with van der Waals surface area (Å²) in [6.07, 6.45) is 2.71. The SMILES string of the molecule is Cc1ccc([C@@H]2C3=C(C[C@H](c4ccco4)CC3=O)Nc3[nH][nH]c(=O)c32)s1. The van der Waals surface area contributed by atoms with E-state index in [0.717, 1.165) is 21.2 Å². The van der Waals surface area contributed by atoms with Gasteiger partial charge in [0, 0.05) is 33.4 Å². The minimum absolute atomic E-state index is 0.0154. The molecule has 132 valence electrons. The molecular weight excluding hydrogens is 350 g/mol. The first-order valence-electron chi connectivity index (χ1n) is 8.55. The van der Waals surface area contributed by atoms with Gasteiger partial charge in [-0.15, -0.1) is 11.3 Å². The van der Waals surface area contributed by atoms with E-state index >= 15 is 0 Å². The van der Waals surface area contributed by atoms with Gasteiger partial charge in [0.15, 0.2) is 5.78 Å². The van der Waals surface area contributed by atoms with Crippen LogP contribution in [0.1, 0.15) is 45.8 Å². The number of aromatic amines is 2. The van der Waals surface area contributed by atoms with Crippen LogP contribution in [-0.4, -0.2) is 16.0 Å². The van der Waals surface area contributed by atoms with Gasteiger partial charge in [-0.1, -0.05) is 0 Å². The molecule has 3 N–H and O–H groups in total. The number of hydrogen-bond acceptors (Lipinski definition) is 5. The molecule has 0 bridgehead atoms. The lowest BCUT2D eigenvalue weighted by Gasteiger charge is -2.33. The zero-order chi connectivity index (χ0) is 17.8. The van der Waals surface area contributed by atoms with Crippen LogP contribution in [0.2, 0.25) is 0 Å². The average molecular weight is 367 g/mol. The number of furan rings is 1. The molecule has 3 aromatic rings. The third kappa shape index (κ3) is 2.24. The van der Waals surface area contributed by atoms with Crippen LogP contribution < -0.4 is 10.9 Å². The predicted molar refractivity (Wildman–Crippen MR) is 98.7 cm³/mol.